The van der Waals surface area contributed by atoms with Gasteiger partial charge in [-0.15, -0.1) is 0 Å². The molecule has 3 aromatic carbocycles. The van der Waals surface area contributed by atoms with Crippen molar-refractivity contribution in [1.29, 1.82) is 0 Å². The van der Waals surface area contributed by atoms with Gasteiger partial charge < -0.3 is 10.4 Å². The van der Waals surface area contributed by atoms with Crippen molar-refractivity contribution in [1.82, 2.24) is 0 Å². The van der Waals surface area contributed by atoms with E-state index in [4.69, 9.17) is 0 Å². The minimum absolute atomic E-state index is 0.0841. The van der Waals surface area contributed by atoms with Gasteiger partial charge in [0.25, 0.3) is 0 Å². The summed E-state index contributed by atoms with van der Waals surface area (Å²) in [6.45, 7) is 4.16. The van der Waals surface area contributed by atoms with Crippen molar-refractivity contribution in [3.05, 3.63) is 75.2 Å². The Kier molecular flexibility index (Phi) is 4.47. The summed E-state index contributed by atoms with van der Waals surface area (Å²) in [7, 11) is 0. The summed E-state index contributed by atoms with van der Waals surface area (Å²) in [4.78, 5) is 16.5. The molecule has 0 aliphatic rings. The average molecular weight is 320 g/mol. The molecular formula is C20H20N2O2. The highest BCUT2D eigenvalue weighted by molar-refractivity contribution is 5.69. The molecule has 2 N–H and O–H groups in total. The Labute approximate surface area is 140 Å². The number of rotatable bonds is 5. The van der Waals surface area contributed by atoms with E-state index in [1.165, 1.54) is 11.1 Å². The monoisotopic (exact) mass is 320 g/mol. The molecule has 4 nitrogen and oxygen atoms in total. The zero-order valence-electron chi connectivity index (χ0n) is 13.8. The fourth-order valence-corrected chi connectivity index (χ4v) is 2.51. The van der Waals surface area contributed by atoms with Crippen LogP contribution in [0.4, 0.5) is 17.1 Å². The van der Waals surface area contributed by atoms with E-state index in [1.807, 2.05) is 48.5 Å². The van der Waals surface area contributed by atoms with Crippen molar-refractivity contribution in [3.63, 3.8) is 0 Å². The number of anilines is 2. The second-order valence-corrected chi connectivity index (χ2v) is 5.71. The summed E-state index contributed by atoms with van der Waals surface area (Å²) in [6, 6.07) is 15.4. The third kappa shape index (κ3) is 3.08. The van der Waals surface area contributed by atoms with E-state index in [1.54, 1.807) is 0 Å². The zero-order chi connectivity index (χ0) is 17.1. The maximum absolute atomic E-state index is 12.2. The van der Waals surface area contributed by atoms with E-state index < -0.39 is 0 Å². The van der Waals surface area contributed by atoms with E-state index in [9.17, 15) is 9.90 Å². The largest absolute Gasteiger partial charge is 0.504 e. The first-order chi connectivity index (χ1) is 11.6. The molecule has 0 saturated carbocycles. The minimum Gasteiger partial charge on any atom is -0.504 e. The van der Waals surface area contributed by atoms with E-state index in [0.29, 0.717) is 5.69 Å². The summed E-state index contributed by atoms with van der Waals surface area (Å²) in [6.07, 6.45) is 1.91. The first kappa shape index (κ1) is 16.0. The van der Waals surface area contributed by atoms with Gasteiger partial charge >= 0.3 is 0 Å². The Morgan fingerprint density at radius 1 is 0.917 bits per heavy atom. The molecule has 0 spiro atoms. The molecule has 122 valence electrons. The number of nitrogens with one attached hydrogen (secondary N) is 1. The molecule has 0 saturated heterocycles. The molecule has 0 atom stereocenters. The standard InChI is InChI=1S/C20H20N2O2/c1-3-13-5-9-15(10-6-13)21-17-19(23)18(20(17)24)22-16-11-7-14(4-2)8-12-16/h5-12,21,23H,3-4H2,1-2H3. The van der Waals surface area contributed by atoms with Crippen molar-refractivity contribution in [2.45, 2.75) is 26.7 Å². The predicted octanol–water partition coefficient (Wildman–Crippen LogP) is 3.73. The van der Waals surface area contributed by atoms with E-state index in [-0.39, 0.29) is 22.2 Å². The van der Waals surface area contributed by atoms with Gasteiger partial charge in [0.1, 0.15) is 5.69 Å². The second kappa shape index (κ2) is 6.71. The molecule has 0 aliphatic heterocycles. The predicted molar refractivity (Wildman–Crippen MR) is 96.9 cm³/mol. The molecule has 0 amide bonds. The highest BCUT2D eigenvalue weighted by Crippen LogP contribution is 2.23. The van der Waals surface area contributed by atoms with Crippen LogP contribution in [0.1, 0.15) is 25.0 Å². The molecule has 0 aromatic heterocycles. The molecule has 0 fully saturated rings. The number of aryl methyl sites for hydroxylation is 2. The number of benzene rings is 2. The quantitative estimate of drug-likeness (QED) is 0.753. The summed E-state index contributed by atoms with van der Waals surface area (Å²) >= 11 is 0. The van der Waals surface area contributed by atoms with Gasteiger partial charge in [-0.3, -0.25) is 4.79 Å². The summed E-state index contributed by atoms with van der Waals surface area (Å²) in [5.41, 5.74) is 3.78. The fourth-order valence-electron chi connectivity index (χ4n) is 2.51. The second-order valence-electron chi connectivity index (χ2n) is 5.71. The Morgan fingerprint density at radius 2 is 1.46 bits per heavy atom. The van der Waals surface area contributed by atoms with Gasteiger partial charge in [-0.1, -0.05) is 38.1 Å². The summed E-state index contributed by atoms with van der Waals surface area (Å²) < 4.78 is 0. The molecule has 0 aliphatic carbocycles. The zero-order valence-corrected chi connectivity index (χ0v) is 13.8. The van der Waals surface area contributed by atoms with Gasteiger partial charge in [0.05, 0.1) is 5.69 Å². The van der Waals surface area contributed by atoms with Gasteiger partial charge in [-0.05, 0) is 48.2 Å². The van der Waals surface area contributed by atoms with E-state index in [0.717, 1.165) is 18.5 Å². The Hall–Kier alpha value is -2.88. The molecule has 0 unspecified atom stereocenters. The summed E-state index contributed by atoms with van der Waals surface area (Å²) in [5, 5.41) is 13.2. The minimum atomic E-state index is -0.272. The SMILES string of the molecule is CCc1ccc(N=c2c(O)c(Nc3ccc(CC)cc3)c2=O)cc1. The maximum atomic E-state index is 12.2. The number of hydrogen-bond donors (Lipinski definition) is 2. The van der Waals surface area contributed by atoms with Crippen molar-refractivity contribution in [3.8, 4) is 5.75 Å². The lowest BCUT2D eigenvalue weighted by atomic mass is 10.1. The van der Waals surface area contributed by atoms with Crippen LogP contribution in [0.5, 0.6) is 5.75 Å². The first-order valence-corrected chi connectivity index (χ1v) is 8.14. The molecule has 3 aromatic rings. The average Bonchev–Trinajstić information content (AvgIpc) is 2.64. The van der Waals surface area contributed by atoms with Gasteiger partial charge in [-0.25, -0.2) is 4.99 Å². The molecule has 3 rings (SSSR count). The van der Waals surface area contributed by atoms with Crippen molar-refractivity contribution < 1.29 is 5.11 Å². The molecule has 0 radical (unpaired) electrons. The highest BCUT2D eigenvalue weighted by Gasteiger charge is 2.18. The number of aromatic hydroxyl groups is 1. The topological polar surface area (TPSA) is 61.7 Å². The Balaban J connectivity index is 1.84. The lowest BCUT2D eigenvalue weighted by molar-refractivity contribution is 0.464. The third-order valence-electron chi connectivity index (χ3n) is 4.12. The lowest BCUT2D eigenvalue weighted by Gasteiger charge is -2.11. The fraction of sp³-hybridized carbons (Fsp3) is 0.200. The smallest absolute Gasteiger partial charge is 0.235 e. The maximum Gasteiger partial charge on any atom is 0.235 e. The van der Waals surface area contributed by atoms with Crippen molar-refractivity contribution >= 4 is 17.1 Å². The van der Waals surface area contributed by atoms with Gasteiger partial charge in [0.15, 0.2) is 11.1 Å². The first-order valence-electron chi connectivity index (χ1n) is 8.14. The molecule has 24 heavy (non-hydrogen) atoms. The third-order valence-corrected chi connectivity index (χ3v) is 4.12. The molecular weight excluding hydrogens is 300 g/mol. The van der Waals surface area contributed by atoms with Crippen LogP contribution in [0.2, 0.25) is 0 Å². The van der Waals surface area contributed by atoms with E-state index in [2.05, 4.69) is 24.2 Å². The summed E-state index contributed by atoms with van der Waals surface area (Å²) in [5.74, 6) is -0.0841. The Bertz CT molecular complexity index is 916. The lowest BCUT2D eigenvalue weighted by Crippen LogP contribution is -2.33. The van der Waals surface area contributed by atoms with Crippen molar-refractivity contribution in [2.75, 3.05) is 5.32 Å². The van der Waals surface area contributed by atoms with Crippen LogP contribution >= 0.6 is 0 Å². The van der Waals surface area contributed by atoms with Crippen LogP contribution in [-0.2, 0) is 12.8 Å². The molecule has 4 heteroatoms. The normalized spacial score (nSPS) is 11.8. The highest BCUT2D eigenvalue weighted by atomic mass is 16.3. The number of hydrogen-bond acceptors (Lipinski definition) is 4. The van der Waals surface area contributed by atoms with Crippen LogP contribution in [-0.4, -0.2) is 5.11 Å². The molecule has 0 heterocycles. The van der Waals surface area contributed by atoms with Gasteiger partial charge in [0.2, 0.25) is 5.43 Å². The van der Waals surface area contributed by atoms with Crippen LogP contribution in [0.15, 0.2) is 58.3 Å². The Morgan fingerprint density at radius 3 is 1.96 bits per heavy atom. The van der Waals surface area contributed by atoms with E-state index >= 15 is 0 Å². The molecule has 0 bridgehead atoms. The van der Waals surface area contributed by atoms with Gasteiger partial charge in [0, 0.05) is 5.69 Å². The van der Waals surface area contributed by atoms with Crippen LogP contribution in [0, 0.1) is 0 Å². The van der Waals surface area contributed by atoms with Crippen LogP contribution in [0.25, 0.3) is 0 Å². The number of nitrogens with zero attached hydrogens (tertiary/aromatic N) is 1. The van der Waals surface area contributed by atoms with Crippen LogP contribution in [0.3, 0.4) is 0 Å². The van der Waals surface area contributed by atoms with Crippen molar-refractivity contribution in [2.24, 2.45) is 4.99 Å². The van der Waals surface area contributed by atoms with Crippen LogP contribution < -0.4 is 16.1 Å². The van der Waals surface area contributed by atoms with Gasteiger partial charge in [-0.2, -0.15) is 0 Å².